The molecule has 1 heterocycles. The first kappa shape index (κ1) is 23.5. The number of likely N-dealkylation sites (tertiary alicyclic amines) is 1. The number of likely N-dealkylation sites (N-methyl/N-ethyl adjacent to an activating group) is 1. The number of methoxy groups -OCH3 is 1. The van der Waals surface area contributed by atoms with E-state index in [0.717, 1.165) is 41.5 Å². The third-order valence-electron chi connectivity index (χ3n) is 5.46. The van der Waals surface area contributed by atoms with E-state index in [0.29, 0.717) is 11.6 Å². The summed E-state index contributed by atoms with van der Waals surface area (Å²) in [4.78, 5) is 15.0. The van der Waals surface area contributed by atoms with E-state index in [2.05, 4.69) is 10.2 Å². The van der Waals surface area contributed by atoms with Crippen LogP contribution in [-0.4, -0.2) is 63.9 Å². The second-order valence-electron chi connectivity index (χ2n) is 7.55. The summed E-state index contributed by atoms with van der Waals surface area (Å²) in [6.45, 7) is 2.08. The molecule has 1 aliphatic rings. The molecule has 1 N–H and O–H groups in total. The molecule has 1 atom stereocenters. The van der Waals surface area contributed by atoms with Crippen molar-refractivity contribution in [1.29, 1.82) is 0 Å². The van der Waals surface area contributed by atoms with Crippen LogP contribution in [0, 0.1) is 0 Å². The number of amides is 1. The molecule has 2 aromatic rings. The van der Waals surface area contributed by atoms with E-state index in [9.17, 15) is 13.2 Å². The molecule has 168 valence electrons. The lowest BCUT2D eigenvalue weighted by Crippen LogP contribution is -2.42. The first-order chi connectivity index (χ1) is 14.8. The van der Waals surface area contributed by atoms with Crippen LogP contribution >= 0.6 is 11.6 Å². The third kappa shape index (κ3) is 5.98. The molecule has 1 aliphatic heterocycles. The lowest BCUT2D eigenvalue weighted by atomic mass is 10.1. The predicted molar refractivity (Wildman–Crippen MR) is 121 cm³/mol. The maximum atomic E-state index is 12.7. The number of nitrogens with zero attached hydrogens (tertiary/aromatic N) is 2. The Labute approximate surface area is 189 Å². The normalized spacial score (nSPS) is 15.7. The maximum Gasteiger partial charge on any atom is 0.243 e. The molecule has 1 amide bonds. The molecule has 9 heteroatoms. The topological polar surface area (TPSA) is 79.0 Å². The highest BCUT2D eigenvalue weighted by molar-refractivity contribution is 7.89. The highest BCUT2D eigenvalue weighted by Gasteiger charge is 2.26. The summed E-state index contributed by atoms with van der Waals surface area (Å²) in [7, 11) is -0.755. The van der Waals surface area contributed by atoms with E-state index in [1.807, 2.05) is 24.3 Å². The summed E-state index contributed by atoms with van der Waals surface area (Å²) >= 11 is 5.83. The SMILES string of the molecule is COc1ccc([C@H](CNC(=O)CN(C)S(=O)(=O)c2ccc(Cl)cc2)N2CCCC2)cc1. The van der Waals surface area contributed by atoms with Crippen molar-refractivity contribution in [2.75, 3.05) is 40.3 Å². The van der Waals surface area contributed by atoms with Gasteiger partial charge in [0.05, 0.1) is 24.6 Å². The number of nitrogens with one attached hydrogen (secondary N) is 1. The first-order valence-electron chi connectivity index (χ1n) is 10.2. The Bertz CT molecular complexity index is 975. The minimum absolute atomic E-state index is 0.0236. The van der Waals surface area contributed by atoms with Crippen LogP contribution in [0.5, 0.6) is 5.75 Å². The molecule has 0 saturated carbocycles. The van der Waals surface area contributed by atoms with Gasteiger partial charge in [-0.15, -0.1) is 0 Å². The van der Waals surface area contributed by atoms with Crippen molar-refractivity contribution in [3.05, 3.63) is 59.1 Å². The van der Waals surface area contributed by atoms with Gasteiger partial charge >= 0.3 is 0 Å². The second-order valence-corrected chi connectivity index (χ2v) is 10.0. The Balaban J connectivity index is 1.64. The fourth-order valence-electron chi connectivity index (χ4n) is 3.68. The van der Waals surface area contributed by atoms with Gasteiger partial charge in [-0.05, 0) is 67.9 Å². The number of halogens is 1. The van der Waals surface area contributed by atoms with Crippen molar-refractivity contribution in [1.82, 2.24) is 14.5 Å². The van der Waals surface area contributed by atoms with Crippen LogP contribution in [0.25, 0.3) is 0 Å². The first-order valence-corrected chi connectivity index (χ1v) is 12.0. The highest BCUT2D eigenvalue weighted by atomic mass is 35.5. The standard InChI is InChI=1S/C22H28ClN3O4S/c1-25(31(28,29)20-11-7-18(23)8-12-20)16-22(27)24-15-21(26-13-3-4-14-26)17-5-9-19(30-2)10-6-17/h5-12,21H,3-4,13-16H2,1-2H3,(H,24,27)/t21-/m0/s1. The number of sulfonamides is 1. The van der Waals surface area contributed by atoms with E-state index in [-0.39, 0.29) is 23.4 Å². The van der Waals surface area contributed by atoms with Gasteiger partial charge in [-0.2, -0.15) is 4.31 Å². The molecule has 3 rings (SSSR count). The summed E-state index contributed by atoms with van der Waals surface area (Å²) in [5.41, 5.74) is 1.09. The Morgan fingerprint density at radius 1 is 1.13 bits per heavy atom. The van der Waals surface area contributed by atoms with E-state index in [4.69, 9.17) is 16.3 Å². The smallest absolute Gasteiger partial charge is 0.243 e. The predicted octanol–water partition coefficient (Wildman–Crippen LogP) is 2.92. The monoisotopic (exact) mass is 465 g/mol. The minimum atomic E-state index is -3.78. The number of hydrogen-bond donors (Lipinski definition) is 1. The molecule has 0 aromatic heterocycles. The van der Waals surface area contributed by atoms with Gasteiger partial charge in [0, 0.05) is 18.6 Å². The maximum absolute atomic E-state index is 12.7. The van der Waals surface area contributed by atoms with E-state index < -0.39 is 10.0 Å². The number of carbonyl (C=O) groups is 1. The number of hydrogen-bond acceptors (Lipinski definition) is 5. The minimum Gasteiger partial charge on any atom is -0.497 e. The lowest BCUT2D eigenvalue weighted by Gasteiger charge is -2.28. The zero-order chi connectivity index (χ0) is 22.4. The number of ether oxygens (including phenoxy) is 1. The van der Waals surface area contributed by atoms with Crippen LogP contribution in [-0.2, 0) is 14.8 Å². The van der Waals surface area contributed by atoms with Crippen LogP contribution in [0.1, 0.15) is 24.4 Å². The average molecular weight is 466 g/mol. The zero-order valence-corrected chi connectivity index (χ0v) is 19.3. The molecule has 0 unspecified atom stereocenters. The van der Waals surface area contributed by atoms with Gasteiger partial charge in [-0.3, -0.25) is 9.69 Å². The quantitative estimate of drug-likeness (QED) is 0.616. The van der Waals surface area contributed by atoms with Gasteiger partial charge in [-0.1, -0.05) is 23.7 Å². The molecular weight excluding hydrogens is 438 g/mol. The largest absolute Gasteiger partial charge is 0.497 e. The van der Waals surface area contributed by atoms with Crippen LogP contribution in [0.3, 0.4) is 0 Å². The summed E-state index contributed by atoms with van der Waals surface area (Å²) in [5, 5.41) is 3.36. The van der Waals surface area contributed by atoms with Gasteiger partial charge < -0.3 is 10.1 Å². The van der Waals surface area contributed by atoms with Gasteiger partial charge in [0.15, 0.2) is 0 Å². The van der Waals surface area contributed by atoms with E-state index in [1.165, 1.54) is 31.3 Å². The number of rotatable bonds is 9. The molecule has 0 bridgehead atoms. The molecule has 0 spiro atoms. The molecule has 1 fully saturated rings. The van der Waals surface area contributed by atoms with Gasteiger partial charge in [0.25, 0.3) is 0 Å². The molecule has 0 aliphatic carbocycles. The summed E-state index contributed by atoms with van der Waals surface area (Å²) in [6.07, 6.45) is 2.26. The molecule has 0 radical (unpaired) electrons. The van der Waals surface area contributed by atoms with Crippen LogP contribution in [0.2, 0.25) is 5.02 Å². The molecular formula is C22H28ClN3O4S. The Kier molecular flexibility index (Phi) is 7.94. The second kappa shape index (κ2) is 10.5. The van der Waals surface area contributed by atoms with Crippen molar-refractivity contribution >= 4 is 27.5 Å². The molecule has 2 aromatic carbocycles. The summed E-state index contributed by atoms with van der Waals surface area (Å²) in [5.74, 6) is 0.430. The zero-order valence-electron chi connectivity index (χ0n) is 17.8. The average Bonchev–Trinajstić information content (AvgIpc) is 3.29. The van der Waals surface area contributed by atoms with Crippen molar-refractivity contribution in [3.8, 4) is 5.75 Å². The fourth-order valence-corrected chi connectivity index (χ4v) is 4.93. The van der Waals surface area contributed by atoms with Crippen LogP contribution in [0.15, 0.2) is 53.4 Å². The van der Waals surface area contributed by atoms with Gasteiger partial charge in [-0.25, -0.2) is 8.42 Å². The van der Waals surface area contributed by atoms with Crippen molar-refractivity contribution < 1.29 is 17.9 Å². The van der Waals surface area contributed by atoms with E-state index in [1.54, 1.807) is 7.11 Å². The van der Waals surface area contributed by atoms with Crippen molar-refractivity contribution in [3.63, 3.8) is 0 Å². The fraction of sp³-hybridized carbons (Fsp3) is 0.409. The van der Waals surface area contributed by atoms with Gasteiger partial charge in [0.1, 0.15) is 5.75 Å². The molecule has 7 nitrogen and oxygen atoms in total. The Hall–Kier alpha value is -2.13. The van der Waals surface area contributed by atoms with E-state index >= 15 is 0 Å². The van der Waals surface area contributed by atoms with Crippen LogP contribution in [0.4, 0.5) is 0 Å². The Morgan fingerprint density at radius 2 is 1.74 bits per heavy atom. The summed E-state index contributed by atoms with van der Waals surface area (Å²) < 4.78 is 31.7. The summed E-state index contributed by atoms with van der Waals surface area (Å²) in [6, 6.07) is 13.7. The van der Waals surface area contributed by atoms with Crippen LogP contribution < -0.4 is 10.1 Å². The Morgan fingerprint density at radius 3 is 2.32 bits per heavy atom. The van der Waals surface area contributed by atoms with Crippen molar-refractivity contribution in [2.45, 2.75) is 23.8 Å². The molecule has 1 saturated heterocycles. The van der Waals surface area contributed by atoms with Crippen molar-refractivity contribution in [2.24, 2.45) is 0 Å². The number of carbonyl (C=O) groups excluding carboxylic acids is 1. The lowest BCUT2D eigenvalue weighted by molar-refractivity contribution is -0.121. The third-order valence-corrected chi connectivity index (χ3v) is 7.53. The molecule has 31 heavy (non-hydrogen) atoms. The number of benzene rings is 2. The van der Waals surface area contributed by atoms with Gasteiger partial charge in [0.2, 0.25) is 15.9 Å². The highest BCUT2D eigenvalue weighted by Crippen LogP contribution is 2.26.